The Morgan fingerprint density at radius 1 is 1.24 bits per heavy atom. The van der Waals surface area contributed by atoms with Gasteiger partial charge in [-0.05, 0) is 30.5 Å². The maximum absolute atomic E-state index is 13.9. The van der Waals surface area contributed by atoms with Crippen LogP contribution in [-0.4, -0.2) is 16.5 Å². The van der Waals surface area contributed by atoms with Crippen molar-refractivity contribution in [1.29, 1.82) is 0 Å². The molecule has 0 atom stereocenters. The van der Waals surface area contributed by atoms with E-state index in [1.54, 1.807) is 12.1 Å². The molecule has 21 heavy (non-hydrogen) atoms. The Hall–Kier alpha value is -2.21. The van der Waals surface area contributed by atoms with Crippen LogP contribution in [-0.2, 0) is 6.54 Å². The highest BCUT2D eigenvalue weighted by atomic mass is 32.1. The molecule has 0 aliphatic heterocycles. The van der Waals surface area contributed by atoms with Gasteiger partial charge in [0, 0.05) is 6.54 Å². The second-order valence-electron chi connectivity index (χ2n) is 4.63. The highest BCUT2D eigenvalue weighted by molar-refractivity contribution is 7.16. The Balaban J connectivity index is 1.94. The smallest absolute Gasteiger partial charge is 0.151 e. The van der Waals surface area contributed by atoms with Crippen LogP contribution < -0.4 is 10.6 Å². The zero-order valence-corrected chi connectivity index (χ0v) is 12.4. The van der Waals surface area contributed by atoms with Crippen LogP contribution in [0.2, 0.25) is 0 Å². The van der Waals surface area contributed by atoms with E-state index in [2.05, 4.69) is 9.97 Å². The van der Waals surface area contributed by atoms with Gasteiger partial charge in [0.2, 0.25) is 0 Å². The number of fused-ring (bicyclic) bond motifs is 1. The molecule has 0 saturated heterocycles. The Morgan fingerprint density at radius 3 is 2.81 bits per heavy atom. The van der Waals surface area contributed by atoms with Gasteiger partial charge in [0.25, 0.3) is 0 Å². The number of nitrogens with zero attached hydrogens (tertiary/aromatic N) is 3. The molecule has 108 valence electrons. The summed E-state index contributed by atoms with van der Waals surface area (Å²) < 4.78 is 13.9. The van der Waals surface area contributed by atoms with Crippen molar-refractivity contribution in [3.05, 3.63) is 47.4 Å². The Bertz CT molecular complexity index is 771. The molecule has 0 unspecified atom stereocenters. The van der Waals surface area contributed by atoms with Crippen LogP contribution in [0.3, 0.4) is 0 Å². The lowest BCUT2D eigenvalue weighted by Gasteiger charge is -2.22. The maximum Gasteiger partial charge on any atom is 0.151 e. The van der Waals surface area contributed by atoms with E-state index in [4.69, 9.17) is 5.73 Å². The molecule has 3 aromatic rings. The number of para-hydroxylation sites is 1. The van der Waals surface area contributed by atoms with Gasteiger partial charge in [-0.25, -0.2) is 14.4 Å². The number of anilines is 2. The number of rotatable bonds is 4. The average Bonchev–Trinajstić information content (AvgIpc) is 2.94. The highest BCUT2D eigenvalue weighted by Crippen LogP contribution is 2.25. The lowest BCUT2D eigenvalue weighted by atomic mass is 10.2. The zero-order valence-electron chi connectivity index (χ0n) is 11.6. The third kappa shape index (κ3) is 2.67. The van der Waals surface area contributed by atoms with E-state index < -0.39 is 0 Å². The number of aromatic nitrogens is 2. The summed E-state index contributed by atoms with van der Waals surface area (Å²) in [6.45, 7) is 3.06. The fraction of sp³-hybridized carbons (Fsp3) is 0.200. The van der Waals surface area contributed by atoms with Crippen molar-refractivity contribution < 1.29 is 4.39 Å². The number of nitrogen functional groups attached to an aromatic ring is 1. The first kappa shape index (κ1) is 13.8. The molecule has 0 bridgehead atoms. The molecule has 0 aliphatic carbocycles. The zero-order chi connectivity index (χ0) is 14.8. The molecule has 2 aromatic heterocycles. The number of thiophene rings is 1. The third-order valence-electron chi connectivity index (χ3n) is 3.31. The first-order chi connectivity index (χ1) is 10.2. The second-order valence-corrected chi connectivity index (χ2v) is 5.52. The molecule has 0 radical (unpaired) electrons. The Labute approximate surface area is 126 Å². The molecule has 2 heterocycles. The number of hydrogen-bond donors (Lipinski definition) is 1. The van der Waals surface area contributed by atoms with Crippen molar-refractivity contribution in [3.8, 4) is 0 Å². The minimum Gasteiger partial charge on any atom is -0.383 e. The van der Waals surface area contributed by atoms with Crippen LogP contribution in [0.5, 0.6) is 0 Å². The molecule has 2 N–H and O–H groups in total. The van der Waals surface area contributed by atoms with Crippen molar-refractivity contribution in [3.63, 3.8) is 0 Å². The van der Waals surface area contributed by atoms with Gasteiger partial charge in [-0.1, -0.05) is 12.1 Å². The average molecular weight is 302 g/mol. The van der Waals surface area contributed by atoms with Gasteiger partial charge in [0.1, 0.15) is 16.5 Å². The summed E-state index contributed by atoms with van der Waals surface area (Å²) in [4.78, 5) is 11.6. The van der Waals surface area contributed by atoms with Crippen molar-refractivity contribution >= 4 is 33.1 Å². The van der Waals surface area contributed by atoms with Gasteiger partial charge in [-0.3, -0.25) is 0 Å². The molecule has 0 amide bonds. The van der Waals surface area contributed by atoms with Gasteiger partial charge in [0.15, 0.2) is 5.82 Å². The van der Waals surface area contributed by atoms with E-state index in [9.17, 15) is 4.39 Å². The van der Waals surface area contributed by atoms with Crippen LogP contribution in [0.15, 0.2) is 35.7 Å². The van der Waals surface area contributed by atoms with Crippen molar-refractivity contribution in [2.45, 2.75) is 13.5 Å². The molecular formula is C15H15FN4S. The lowest BCUT2D eigenvalue weighted by Crippen LogP contribution is -2.24. The molecule has 6 heteroatoms. The molecule has 3 rings (SSSR count). The predicted octanol–water partition coefficient (Wildman–Crippen LogP) is 3.44. The molecule has 0 aliphatic rings. The number of nitrogens with two attached hydrogens (primary N) is 1. The van der Waals surface area contributed by atoms with Crippen molar-refractivity contribution in [2.75, 3.05) is 17.2 Å². The topological polar surface area (TPSA) is 55.0 Å². The standard InChI is InChI=1S/C15H15FN4S/c1-2-20(12-6-4-3-5-11(12)16)9-13-18-14(17)10-7-8-21-15(10)19-13/h3-8H,2,9H2,1H3,(H2,17,18,19). The van der Waals surface area contributed by atoms with E-state index in [-0.39, 0.29) is 5.82 Å². The minimum atomic E-state index is -0.246. The fourth-order valence-electron chi connectivity index (χ4n) is 2.24. The Kier molecular flexibility index (Phi) is 3.70. The molecular weight excluding hydrogens is 287 g/mol. The summed E-state index contributed by atoms with van der Waals surface area (Å²) in [5.74, 6) is 0.831. The fourth-order valence-corrected chi connectivity index (χ4v) is 3.03. The van der Waals surface area contributed by atoms with Crippen LogP contribution >= 0.6 is 11.3 Å². The van der Waals surface area contributed by atoms with E-state index in [0.717, 1.165) is 10.2 Å². The van der Waals surface area contributed by atoms with Crippen LogP contribution in [0.4, 0.5) is 15.9 Å². The number of benzene rings is 1. The van der Waals surface area contributed by atoms with Crippen molar-refractivity contribution in [1.82, 2.24) is 9.97 Å². The second kappa shape index (κ2) is 5.65. The number of halogens is 1. The maximum atomic E-state index is 13.9. The largest absolute Gasteiger partial charge is 0.383 e. The van der Waals surface area contributed by atoms with Crippen LogP contribution in [0.1, 0.15) is 12.7 Å². The van der Waals surface area contributed by atoms with Gasteiger partial charge in [0.05, 0.1) is 17.6 Å². The molecule has 0 saturated carbocycles. The minimum absolute atomic E-state index is 0.246. The van der Waals surface area contributed by atoms with Crippen LogP contribution in [0, 0.1) is 5.82 Å². The SMILES string of the molecule is CCN(Cc1nc(N)c2ccsc2n1)c1ccccc1F. The van der Waals surface area contributed by atoms with E-state index in [1.807, 2.05) is 29.3 Å². The van der Waals surface area contributed by atoms with Crippen molar-refractivity contribution in [2.24, 2.45) is 0 Å². The summed E-state index contributed by atoms with van der Waals surface area (Å²) in [7, 11) is 0. The molecule has 1 aromatic carbocycles. The lowest BCUT2D eigenvalue weighted by molar-refractivity contribution is 0.616. The number of hydrogen-bond acceptors (Lipinski definition) is 5. The van der Waals surface area contributed by atoms with E-state index >= 15 is 0 Å². The quantitative estimate of drug-likeness (QED) is 0.802. The van der Waals surface area contributed by atoms with Gasteiger partial charge >= 0.3 is 0 Å². The van der Waals surface area contributed by atoms with Gasteiger partial charge < -0.3 is 10.6 Å². The Morgan fingerprint density at radius 2 is 2.05 bits per heavy atom. The van der Waals surface area contributed by atoms with Crippen LogP contribution in [0.25, 0.3) is 10.2 Å². The summed E-state index contributed by atoms with van der Waals surface area (Å²) in [6.07, 6.45) is 0. The summed E-state index contributed by atoms with van der Waals surface area (Å²) in [5.41, 5.74) is 6.50. The highest BCUT2D eigenvalue weighted by Gasteiger charge is 2.13. The predicted molar refractivity (Wildman–Crippen MR) is 85.0 cm³/mol. The third-order valence-corrected chi connectivity index (χ3v) is 4.11. The van der Waals surface area contributed by atoms with E-state index in [1.165, 1.54) is 17.4 Å². The summed E-state index contributed by atoms with van der Waals surface area (Å²) >= 11 is 1.53. The van der Waals surface area contributed by atoms with Gasteiger partial charge in [-0.2, -0.15) is 0 Å². The first-order valence-corrected chi connectivity index (χ1v) is 7.56. The molecule has 4 nitrogen and oxygen atoms in total. The normalized spacial score (nSPS) is 11.0. The van der Waals surface area contributed by atoms with E-state index in [0.29, 0.717) is 30.4 Å². The first-order valence-electron chi connectivity index (χ1n) is 6.68. The molecule has 0 spiro atoms. The van der Waals surface area contributed by atoms with Gasteiger partial charge in [-0.15, -0.1) is 11.3 Å². The summed E-state index contributed by atoms with van der Waals surface area (Å²) in [6, 6.07) is 8.62. The summed E-state index contributed by atoms with van der Waals surface area (Å²) in [5, 5.41) is 2.81. The monoisotopic (exact) mass is 302 g/mol. The molecule has 0 fully saturated rings.